The number of hydrogen-bond acceptors (Lipinski definition) is 4. The van der Waals surface area contributed by atoms with Gasteiger partial charge in [0.2, 0.25) is 5.91 Å². The standard InChI is InChI=1S/C20H28N4O2/c1-4-9-24-17-8-6-5-7-16(17)21-19(20(24)26)23-12-10-22(11-13-23)18(25)14-15(2)3/h5-8,15H,4,9-14H2,1-3H3. The fraction of sp³-hybridized carbons (Fsp3) is 0.550. The minimum absolute atomic E-state index is 0.0347. The van der Waals surface area contributed by atoms with E-state index in [-0.39, 0.29) is 11.5 Å². The fourth-order valence-electron chi connectivity index (χ4n) is 3.48. The van der Waals surface area contributed by atoms with Crippen molar-refractivity contribution >= 4 is 22.8 Å². The topological polar surface area (TPSA) is 58.4 Å². The summed E-state index contributed by atoms with van der Waals surface area (Å²) in [6.07, 6.45) is 1.47. The van der Waals surface area contributed by atoms with Crippen LogP contribution in [0.1, 0.15) is 33.6 Å². The van der Waals surface area contributed by atoms with Gasteiger partial charge in [-0.2, -0.15) is 0 Å². The molecular weight excluding hydrogens is 328 g/mol. The molecule has 3 rings (SSSR count). The summed E-state index contributed by atoms with van der Waals surface area (Å²) in [4.78, 5) is 33.9. The van der Waals surface area contributed by atoms with Crippen molar-refractivity contribution in [3.63, 3.8) is 0 Å². The number of fused-ring (bicyclic) bond motifs is 1. The molecule has 2 aromatic rings. The van der Waals surface area contributed by atoms with Crippen molar-refractivity contribution in [2.75, 3.05) is 31.1 Å². The van der Waals surface area contributed by atoms with Crippen molar-refractivity contribution in [2.24, 2.45) is 5.92 Å². The maximum absolute atomic E-state index is 13.0. The van der Waals surface area contributed by atoms with Crippen molar-refractivity contribution in [3.8, 4) is 0 Å². The van der Waals surface area contributed by atoms with Gasteiger partial charge in [-0.15, -0.1) is 0 Å². The number of para-hydroxylation sites is 2. The van der Waals surface area contributed by atoms with Crippen LogP contribution in [0.4, 0.5) is 5.82 Å². The highest BCUT2D eigenvalue weighted by Gasteiger charge is 2.24. The molecule has 1 amide bonds. The van der Waals surface area contributed by atoms with Gasteiger partial charge in [0.05, 0.1) is 11.0 Å². The van der Waals surface area contributed by atoms with Crippen molar-refractivity contribution in [3.05, 3.63) is 34.6 Å². The molecule has 140 valence electrons. The van der Waals surface area contributed by atoms with E-state index in [1.807, 2.05) is 38.6 Å². The van der Waals surface area contributed by atoms with Gasteiger partial charge in [0, 0.05) is 39.1 Å². The van der Waals surface area contributed by atoms with Crippen LogP contribution in [0.5, 0.6) is 0 Å². The lowest BCUT2D eigenvalue weighted by Crippen LogP contribution is -2.50. The Hall–Kier alpha value is -2.37. The molecule has 0 aliphatic carbocycles. The number of amides is 1. The first-order valence-electron chi connectivity index (χ1n) is 9.53. The number of hydrogen-bond donors (Lipinski definition) is 0. The van der Waals surface area contributed by atoms with Crippen LogP contribution in [0.15, 0.2) is 29.1 Å². The van der Waals surface area contributed by atoms with E-state index >= 15 is 0 Å². The monoisotopic (exact) mass is 356 g/mol. The number of aryl methyl sites for hydroxylation is 1. The maximum Gasteiger partial charge on any atom is 0.294 e. The highest BCUT2D eigenvalue weighted by molar-refractivity contribution is 5.77. The second-order valence-corrected chi connectivity index (χ2v) is 7.35. The molecule has 0 atom stereocenters. The lowest BCUT2D eigenvalue weighted by molar-refractivity contribution is -0.132. The molecule has 1 aromatic heterocycles. The molecular formula is C20H28N4O2. The molecule has 0 unspecified atom stereocenters. The number of carbonyl (C=O) groups excluding carboxylic acids is 1. The number of anilines is 1. The normalized spacial score (nSPS) is 15.1. The molecule has 0 N–H and O–H groups in total. The summed E-state index contributed by atoms with van der Waals surface area (Å²) < 4.78 is 1.83. The molecule has 0 saturated carbocycles. The number of aromatic nitrogens is 2. The zero-order valence-electron chi connectivity index (χ0n) is 15.9. The van der Waals surface area contributed by atoms with Gasteiger partial charge in [-0.3, -0.25) is 9.59 Å². The molecule has 1 fully saturated rings. The van der Waals surface area contributed by atoms with Crippen molar-refractivity contribution in [2.45, 2.75) is 40.2 Å². The van der Waals surface area contributed by atoms with Crippen LogP contribution in [0, 0.1) is 5.92 Å². The molecule has 1 aromatic carbocycles. The van der Waals surface area contributed by atoms with E-state index in [2.05, 4.69) is 25.8 Å². The second kappa shape index (κ2) is 7.89. The summed E-state index contributed by atoms with van der Waals surface area (Å²) >= 11 is 0. The number of rotatable bonds is 5. The van der Waals surface area contributed by atoms with Gasteiger partial charge in [0.1, 0.15) is 0 Å². The van der Waals surface area contributed by atoms with Gasteiger partial charge >= 0.3 is 0 Å². The maximum atomic E-state index is 13.0. The summed E-state index contributed by atoms with van der Waals surface area (Å²) in [5, 5.41) is 0. The number of benzene rings is 1. The van der Waals surface area contributed by atoms with E-state index in [4.69, 9.17) is 0 Å². The van der Waals surface area contributed by atoms with Crippen LogP contribution >= 0.6 is 0 Å². The Morgan fingerprint density at radius 1 is 1.15 bits per heavy atom. The summed E-state index contributed by atoms with van der Waals surface area (Å²) in [6.45, 7) is 9.46. The third-order valence-electron chi connectivity index (χ3n) is 4.80. The summed E-state index contributed by atoms with van der Waals surface area (Å²) in [7, 11) is 0. The largest absolute Gasteiger partial charge is 0.348 e. The van der Waals surface area contributed by atoms with Crippen molar-refractivity contribution in [1.29, 1.82) is 0 Å². The fourth-order valence-corrected chi connectivity index (χ4v) is 3.48. The molecule has 1 aliphatic heterocycles. The van der Waals surface area contributed by atoms with Crippen molar-refractivity contribution < 1.29 is 4.79 Å². The van der Waals surface area contributed by atoms with E-state index in [0.717, 1.165) is 17.5 Å². The van der Waals surface area contributed by atoms with Gasteiger partial charge in [0.25, 0.3) is 5.56 Å². The molecule has 2 heterocycles. The van der Waals surface area contributed by atoms with Gasteiger partial charge in [0.15, 0.2) is 5.82 Å². The van der Waals surface area contributed by atoms with Gasteiger partial charge in [-0.25, -0.2) is 4.98 Å². The molecule has 0 radical (unpaired) electrons. The summed E-state index contributed by atoms with van der Waals surface area (Å²) in [5.74, 6) is 1.08. The number of nitrogens with zero attached hydrogens (tertiary/aromatic N) is 4. The van der Waals surface area contributed by atoms with Crippen LogP contribution in [0.2, 0.25) is 0 Å². The summed E-state index contributed by atoms with van der Waals surface area (Å²) in [6, 6.07) is 7.79. The quantitative estimate of drug-likeness (QED) is 0.826. The Kier molecular flexibility index (Phi) is 5.59. The van der Waals surface area contributed by atoms with Crippen LogP contribution in [0.25, 0.3) is 11.0 Å². The highest BCUT2D eigenvalue weighted by atomic mass is 16.2. The Labute approximate surface area is 154 Å². The molecule has 0 bridgehead atoms. The van der Waals surface area contributed by atoms with Crippen LogP contribution in [0.3, 0.4) is 0 Å². The molecule has 26 heavy (non-hydrogen) atoms. The van der Waals surface area contributed by atoms with Crippen LogP contribution in [-0.2, 0) is 11.3 Å². The first-order chi connectivity index (χ1) is 12.5. The van der Waals surface area contributed by atoms with Crippen LogP contribution in [-0.4, -0.2) is 46.5 Å². The third kappa shape index (κ3) is 3.74. The predicted octanol–water partition coefficient (Wildman–Crippen LogP) is 2.50. The van der Waals surface area contributed by atoms with E-state index in [0.29, 0.717) is 50.9 Å². The minimum Gasteiger partial charge on any atom is -0.348 e. The first-order valence-corrected chi connectivity index (χ1v) is 9.53. The van der Waals surface area contributed by atoms with Crippen molar-refractivity contribution in [1.82, 2.24) is 14.5 Å². The lowest BCUT2D eigenvalue weighted by Gasteiger charge is -2.35. The SMILES string of the molecule is CCCn1c(=O)c(N2CCN(C(=O)CC(C)C)CC2)nc2ccccc21. The Morgan fingerprint density at radius 3 is 2.50 bits per heavy atom. The van der Waals surface area contributed by atoms with E-state index in [1.165, 1.54) is 0 Å². The van der Waals surface area contributed by atoms with E-state index < -0.39 is 0 Å². The predicted molar refractivity (Wildman–Crippen MR) is 105 cm³/mol. The second-order valence-electron chi connectivity index (χ2n) is 7.35. The number of piperazine rings is 1. The highest BCUT2D eigenvalue weighted by Crippen LogP contribution is 2.17. The minimum atomic E-state index is -0.0347. The molecule has 6 nitrogen and oxygen atoms in total. The lowest BCUT2D eigenvalue weighted by atomic mass is 10.1. The smallest absolute Gasteiger partial charge is 0.294 e. The van der Waals surface area contributed by atoms with Gasteiger partial charge in [-0.1, -0.05) is 32.9 Å². The van der Waals surface area contributed by atoms with E-state index in [1.54, 1.807) is 0 Å². The third-order valence-corrected chi connectivity index (χ3v) is 4.80. The van der Waals surface area contributed by atoms with Gasteiger partial charge < -0.3 is 14.4 Å². The number of carbonyl (C=O) groups is 1. The molecule has 1 aliphatic rings. The molecule has 1 saturated heterocycles. The zero-order valence-corrected chi connectivity index (χ0v) is 15.9. The Balaban J connectivity index is 1.84. The average molecular weight is 356 g/mol. The average Bonchev–Trinajstić information content (AvgIpc) is 2.63. The summed E-state index contributed by atoms with van der Waals surface area (Å²) in [5.41, 5.74) is 1.69. The molecule has 0 spiro atoms. The van der Waals surface area contributed by atoms with E-state index in [9.17, 15) is 9.59 Å². The van der Waals surface area contributed by atoms with Gasteiger partial charge in [-0.05, 0) is 24.5 Å². The Bertz CT molecular complexity index is 835. The Morgan fingerprint density at radius 2 is 1.85 bits per heavy atom. The van der Waals surface area contributed by atoms with Crippen LogP contribution < -0.4 is 10.5 Å². The molecule has 6 heteroatoms. The zero-order chi connectivity index (χ0) is 18.7. The first kappa shape index (κ1) is 18.4.